The van der Waals surface area contributed by atoms with Crippen LogP contribution in [0.3, 0.4) is 0 Å². The van der Waals surface area contributed by atoms with Crippen LogP contribution in [0.5, 0.6) is 5.75 Å². The van der Waals surface area contributed by atoms with Crippen LogP contribution in [-0.4, -0.2) is 90.0 Å². The summed E-state index contributed by atoms with van der Waals surface area (Å²) in [5.41, 5.74) is 0.619. The number of fused-ring (bicyclic) bond motifs is 1. The van der Waals surface area contributed by atoms with Crippen molar-refractivity contribution < 1.29 is 44.6 Å². The summed E-state index contributed by atoms with van der Waals surface area (Å²) in [7, 11) is 0. The number of hydrogen-bond acceptors (Lipinski definition) is 11. The van der Waals surface area contributed by atoms with Crippen LogP contribution in [0.25, 0.3) is 10.2 Å². The molecular formula is C17H16N2O9S2. The van der Waals surface area contributed by atoms with Gasteiger partial charge in [-0.2, -0.15) is 0 Å². The molecule has 5 N–H and O–H groups in total. The molecule has 0 spiro atoms. The topological polar surface area (TPSA) is 179 Å². The summed E-state index contributed by atoms with van der Waals surface area (Å²) in [5, 5.41) is 49.0. The van der Waals surface area contributed by atoms with Gasteiger partial charge in [-0.1, -0.05) is 0 Å². The molecule has 0 bridgehead atoms. The van der Waals surface area contributed by atoms with Crippen LogP contribution in [0, 0.1) is 0 Å². The van der Waals surface area contributed by atoms with Crippen molar-refractivity contribution in [1.82, 2.24) is 4.98 Å². The molecule has 2 aromatic rings. The molecule has 0 saturated carbocycles. The van der Waals surface area contributed by atoms with Crippen LogP contribution in [0.15, 0.2) is 23.2 Å². The van der Waals surface area contributed by atoms with Crippen LogP contribution in [0.1, 0.15) is 5.01 Å². The SMILES string of the molecule is O=C(O)[C@H]1O[C@@H](Oc2ccc3nc(C4=N[C@@H](C(=O)O)CS4)sc3c2)[C@H](O)C(O)[C@@H]1O. The molecule has 160 valence electrons. The van der Waals surface area contributed by atoms with E-state index < -0.39 is 48.7 Å². The second kappa shape index (κ2) is 8.09. The predicted octanol–water partition coefficient (Wildman–Crippen LogP) is -0.486. The van der Waals surface area contributed by atoms with Gasteiger partial charge in [-0.15, -0.1) is 23.1 Å². The van der Waals surface area contributed by atoms with Gasteiger partial charge in [0.05, 0.1) is 10.2 Å². The minimum Gasteiger partial charge on any atom is -0.480 e. The van der Waals surface area contributed by atoms with E-state index in [0.29, 0.717) is 26.0 Å². The monoisotopic (exact) mass is 456 g/mol. The molecular weight excluding hydrogens is 440 g/mol. The average molecular weight is 456 g/mol. The molecule has 1 fully saturated rings. The van der Waals surface area contributed by atoms with Crippen molar-refractivity contribution in [2.75, 3.05) is 5.75 Å². The summed E-state index contributed by atoms with van der Waals surface area (Å²) >= 11 is 2.58. The van der Waals surface area contributed by atoms with E-state index in [-0.39, 0.29) is 5.75 Å². The van der Waals surface area contributed by atoms with Crippen LogP contribution >= 0.6 is 23.1 Å². The smallest absolute Gasteiger partial charge is 0.335 e. The van der Waals surface area contributed by atoms with Gasteiger partial charge in [-0.3, -0.25) is 4.99 Å². The number of aliphatic hydroxyl groups is 3. The second-order valence-electron chi connectivity index (χ2n) is 6.60. The van der Waals surface area contributed by atoms with Crippen molar-refractivity contribution in [3.05, 3.63) is 23.2 Å². The summed E-state index contributed by atoms with van der Waals surface area (Å²) in [6.45, 7) is 0. The van der Waals surface area contributed by atoms with Gasteiger partial charge in [-0.05, 0) is 18.2 Å². The largest absolute Gasteiger partial charge is 0.480 e. The molecule has 0 radical (unpaired) electrons. The second-order valence-corrected chi connectivity index (χ2v) is 8.64. The highest BCUT2D eigenvalue weighted by Gasteiger charge is 2.48. The zero-order chi connectivity index (χ0) is 21.6. The van der Waals surface area contributed by atoms with Crippen LogP contribution < -0.4 is 4.74 Å². The Morgan fingerprint density at radius 1 is 1.10 bits per heavy atom. The summed E-state index contributed by atoms with van der Waals surface area (Å²) < 4.78 is 11.3. The fourth-order valence-electron chi connectivity index (χ4n) is 2.97. The third-order valence-corrected chi connectivity index (χ3v) is 6.75. The molecule has 30 heavy (non-hydrogen) atoms. The number of carbonyl (C=O) groups is 2. The van der Waals surface area contributed by atoms with E-state index in [0.717, 1.165) is 0 Å². The first kappa shape index (κ1) is 21.0. The van der Waals surface area contributed by atoms with Gasteiger partial charge in [0.1, 0.15) is 34.1 Å². The molecule has 3 heterocycles. The van der Waals surface area contributed by atoms with Crippen LogP contribution in [0.4, 0.5) is 0 Å². The molecule has 13 heteroatoms. The Bertz CT molecular complexity index is 1030. The zero-order valence-corrected chi connectivity index (χ0v) is 16.6. The van der Waals surface area contributed by atoms with Crippen molar-refractivity contribution in [1.29, 1.82) is 0 Å². The number of ether oxygens (including phenoxy) is 2. The zero-order valence-electron chi connectivity index (χ0n) is 15.0. The third-order valence-electron chi connectivity index (χ3n) is 4.54. The highest BCUT2D eigenvalue weighted by atomic mass is 32.2. The molecule has 6 atom stereocenters. The fourth-order valence-corrected chi connectivity index (χ4v) is 5.06. The molecule has 2 aliphatic heterocycles. The number of aliphatic carboxylic acids is 2. The number of hydrogen-bond donors (Lipinski definition) is 5. The quantitative estimate of drug-likeness (QED) is 0.392. The highest BCUT2D eigenvalue weighted by Crippen LogP contribution is 2.33. The van der Waals surface area contributed by atoms with Crippen molar-refractivity contribution >= 4 is 50.3 Å². The molecule has 1 unspecified atom stereocenters. The Kier molecular flexibility index (Phi) is 5.65. The van der Waals surface area contributed by atoms with Crippen molar-refractivity contribution in [2.45, 2.75) is 36.7 Å². The molecule has 0 amide bonds. The number of aromatic nitrogens is 1. The van der Waals surface area contributed by atoms with Crippen LogP contribution in [-0.2, 0) is 14.3 Å². The number of aliphatic hydroxyl groups excluding tert-OH is 3. The molecule has 1 saturated heterocycles. The maximum Gasteiger partial charge on any atom is 0.335 e. The van der Waals surface area contributed by atoms with Crippen LogP contribution in [0.2, 0.25) is 0 Å². The van der Waals surface area contributed by atoms with E-state index in [1.807, 2.05) is 0 Å². The molecule has 1 aromatic heterocycles. The average Bonchev–Trinajstić information content (AvgIpc) is 3.34. The minimum absolute atomic E-state index is 0.221. The molecule has 2 aliphatic rings. The Morgan fingerprint density at radius 3 is 2.53 bits per heavy atom. The first-order valence-corrected chi connectivity index (χ1v) is 10.5. The maximum absolute atomic E-state index is 11.2. The maximum atomic E-state index is 11.2. The number of aliphatic imine (C=N–C) groups is 1. The number of nitrogens with zero attached hydrogens (tertiary/aromatic N) is 2. The Hall–Kier alpha value is -2.29. The summed E-state index contributed by atoms with van der Waals surface area (Å²) in [5.74, 6) is -1.93. The number of carboxylic acid groups (broad SMARTS) is 2. The number of benzene rings is 1. The predicted molar refractivity (Wildman–Crippen MR) is 105 cm³/mol. The van der Waals surface area contributed by atoms with Crippen molar-refractivity contribution in [3.8, 4) is 5.75 Å². The summed E-state index contributed by atoms with van der Waals surface area (Å²) in [6, 6.07) is 3.95. The molecule has 0 aliphatic carbocycles. The Morgan fingerprint density at radius 2 is 1.87 bits per heavy atom. The number of thiazole rings is 1. The van der Waals surface area contributed by atoms with E-state index in [1.54, 1.807) is 12.1 Å². The van der Waals surface area contributed by atoms with Gasteiger partial charge in [0.15, 0.2) is 12.1 Å². The summed E-state index contributed by atoms with van der Waals surface area (Å²) in [4.78, 5) is 30.8. The summed E-state index contributed by atoms with van der Waals surface area (Å²) in [6.07, 6.45) is -8.50. The van der Waals surface area contributed by atoms with Gasteiger partial charge in [0.2, 0.25) is 6.29 Å². The number of rotatable bonds is 5. The first-order chi connectivity index (χ1) is 14.2. The minimum atomic E-state index is -1.80. The lowest BCUT2D eigenvalue weighted by Gasteiger charge is -2.38. The number of carboxylic acids is 2. The van der Waals surface area contributed by atoms with E-state index in [1.165, 1.54) is 29.2 Å². The van der Waals surface area contributed by atoms with E-state index >= 15 is 0 Å². The Balaban J connectivity index is 1.55. The number of thioether (sulfide) groups is 1. The van der Waals surface area contributed by atoms with Gasteiger partial charge in [-0.25, -0.2) is 14.6 Å². The lowest BCUT2D eigenvalue weighted by molar-refractivity contribution is -0.271. The molecule has 1 aromatic carbocycles. The molecule has 4 rings (SSSR count). The van der Waals surface area contributed by atoms with E-state index in [2.05, 4.69) is 9.98 Å². The van der Waals surface area contributed by atoms with Gasteiger partial charge < -0.3 is 35.0 Å². The first-order valence-electron chi connectivity index (χ1n) is 8.68. The van der Waals surface area contributed by atoms with E-state index in [4.69, 9.17) is 19.7 Å². The highest BCUT2D eigenvalue weighted by molar-refractivity contribution is 8.15. The third kappa shape index (κ3) is 3.87. The van der Waals surface area contributed by atoms with Gasteiger partial charge in [0, 0.05) is 5.75 Å². The van der Waals surface area contributed by atoms with Gasteiger partial charge in [0.25, 0.3) is 0 Å². The van der Waals surface area contributed by atoms with Crippen molar-refractivity contribution in [2.24, 2.45) is 4.99 Å². The standard InChI is InChI=1S/C17H16N2O9S2/c20-9-10(21)12(16(25)26)28-17(11(9)22)27-5-1-2-6-8(3-5)30-14(18-6)13-19-7(4-29-13)15(23)24/h1-3,7,9-12,17,20-22H,4H2,(H,23,24)(H,25,26)/t7-,9?,10+,11-,12+,17-/m1/s1. The molecule has 11 nitrogen and oxygen atoms in total. The lowest BCUT2D eigenvalue weighted by atomic mass is 9.99. The Labute approximate surface area is 176 Å². The normalized spacial score (nSPS) is 31.5. The lowest BCUT2D eigenvalue weighted by Crippen LogP contribution is -2.61. The fraction of sp³-hybridized carbons (Fsp3) is 0.412. The van der Waals surface area contributed by atoms with Crippen molar-refractivity contribution in [3.63, 3.8) is 0 Å². The van der Waals surface area contributed by atoms with E-state index in [9.17, 15) is 24.9 Å². The van der Waals surface area contributed by atoms with Gasteiger partial charge >= 0.3 is 11.9 Å².